The number of carbonyl (C=O) groups excluding carboxylic acids is 1. The molecule has 0 bridgehead atoms. The molecule has 0 saturated heterocycles. The highest BCUT2D eigenvalue weighted by atomic mass is 16.1. The van der Waals surface area contributed by atoms with E-state index in [2.05, 4.69) is 26.8 Å². The Morgan fingerprint density at radius 3 is 2.53 bits per heavy atom. The second kappa shape index (κ2) is 5.85. The minimum Gasteiger partial charge on any atom is -0.355 e. The van der Waals surface area contributed by atoms with Crippen LogP contribution in [0.1, 0.15) is 24.3 Å². The second-order valence-electron chi connectivity index (χ2n) is 3.92. The van der Waals surface area contributed by atoms with Crippen molar-refractivity contribution in [2.45, 2.75) is 19.9 Å². The lowest BCUT2D eigenvalue weighted by atomic mass is 10.1. The van der Waals surface area contributed by atoms with Gasteiger partial charge < -0.3 is 10.6 Å². The van der Waals surface area contributed by atoms with Gasteiger partial charge in [-0.25, -0.2) is 0 Å². The Morgan fingerprint density at radius 1 is 1.41 bits per heavy atom. The Kier molecular flexibility index (Phi) is 4.46. The van der Waals surface area contributed by atoms with Crippen molar-refractivity contribution >= 4 is 11.7 Å². The van der Waals surface area contributed by atoms with Gasteiger partial charge >= 0.3 is 0 Å². The zero-order valence-electron chi connectivity index (χ0n) is 10.2. The van der Waals surface area contributed by atoms with Crippen LogP contribution < -0.4 is 10.6 Å². The molecule has 1 rings (SSSR count). The number of aromatic nitrogens is 2. The number of amides is 1. The van der Waals surface area contributed by atoms with Crippen molar-refractivity contribution in [2.75, 3.05) is 12.4 Å². The SMILES string of the molecule is C#CC(Nc1ccc(C(=O)NC)nn1)C(C)C. The van der Waals surface area contributed by atoms with Gasteiger partial charge in [-0.2, -0.15) is 0 Å². The first kappa shape index (κ1) is 13.0. The first-order chi connectivity index (χ1) is 8.08. The maximum Gasteiger partial charge on any atom is 0.271 e. The van der Waals surface area contributed by atoms with Gasteiger partial charge in [0.25, 0.3) is 5.91 Å². The van der Waals surface area contributed by atoms with E-state index in [1.54, 1.807) is 19.2 Å². The fourth-order valence-corrected chi connectivity index (χ4v) is 1.22. The van der Waals surface area contributed by atoms with Gasteiger partial charge in [-0.15, -0.1) is 16.6 Å². The summed E-state index contributed by atoms with van der Waals surface area (Å²) < 4.78 is 0. The predicted octanol–water partition coefficient (Wildman–Crippen LogP) is 0.906. The van der Waals surface area contributed by atoms with Gasteiger partial charge in [0.1, 0.15) is 5.82 Å². The van der Waals surface area contributed by atoms with E-state index in [1.165, 1.54) is 0 Å². The molecule has 5 heteroatoms. The van der Waals surface area contributed by atoms with Crippen molar-refractivity contribution in [3.05, 3.63) is 17.8 Å². The lowest BCUT2D eigenvalue weighted by Crippen LogP contribution is -2.25. The number of hydrogen-bond donors (Lipinski definition) is 2. The van der Waals surface area contributed by atoms with Crippen LogP contribution in [0.25, 0.3) is 0 Å². The molecule has 1 heterocycles. The van der Waals surface area contributed by atoms with Crippen molar-refractivity contribution in [2.24, 2.45) is 5.92 Å². The standard InChI is InChI=1S/C12H16N4O/c1-5-9(8(2)3)14-11-7-6-10(15-16-11)12(17)13-4/h1,6-9H,2-4H3,(H,13,17)(H,14,16). The monoisotopic (exact) mass is 232 g/mol. The van der Waals surface area contributed by atoms with Crippen molar-refractivity contribution in [1.29, 1.82) is 0 Å². The molecule has 0 aliphatic carbocycles. The van der Waals surface area contributed by atoms with Crippen molar-refractivity contribution in [3.63, 3.8) is 0 Å². The summed E-state index contributed by atoms with van der Waals surface area (Å²) in [5.74, 6) is 3.23. The molecule has 1 aromatic heterocycles. The fourth-order valence-electron chi connectivity index (χ4n) is 1.22. The maximum atomic E-state index is 11.2. The molecule has 1 amide bonds. The van der Waals surface area contributed by atoms with Crippen LogP contribution >= 0.6 is 0 Å². The molecular weight excluding hydrogens is 216 g/mol. The summed E-state index contributed by atoms with van der Waals surface area (Å²) in [5, 5.41) is 13.3. The number of nitrogens with one attached hydrogen (secondary N) is 2. The number of carbonyl (C=O) groups is 1. The van der Waals surface area contributed by atoms with Crippen LogP contribution in [0, 0.1) is 18.3 Å². The van der Waals surface area contributed by atoms with Crippen LogP contribution in [0.15, 0.2) is 12.1 Å². The molecule has 1 unspecified atom stereocenters. The van der Waals surface area contributed by atoms with Gasteiger partial charge in [0.15, 0.2) is 5.69 Å². The van der Waals surface area contributed by atoms with Gasteiger partial charge in [-0.3, -0.25) is 4.79 Å². The van der Waals surface area contributed by atoms with E-state index in [1.807, 2.05) is 13.8 Å². The Morgan fingerprint density at radius 2 is 2.12 bits per heavy atom. The van der Waals surface area contributed by atoms with Crippen LogP contribution in [0.5, 0.6) is 0 Å². The summed E-state index contributed by atoms with van der Waals surface area (Å²) in [7, 11) is 1.54. The topological polar surface area (TPSA) is 66.9 Å². The molecule has 17 heavy (non-hydrogen) atoms. The molecule has 0 aliphatic rings. The molecule has 1 aromatic rings. The first-order valence-corrected chi connectivity index (χ1v) is 5.37. The van der Waals surface area contributed by atoms with E-state index in [9.17, 15) is 4.79 Å². The van der Waals surface area contributed by atoms with Gasteiger partial charge in [-0.05, 0) is 18.1 Å². The van der Waals surface area contributed by atoms with Crippen molar-refractivity contribution < 1.29 is 4.79 Å². The lowest BCUT2D eigenvalue weighted by molar-refractivity contribution is 0.0957. The van der Waals surface area contributed by atoms with Gasteiger partial charge in [0.05, 0.1) is 6.04 Å². The van der Waals surface area contributed by atoms with Crippen LogP contribution in [-0.2, 0) is 0 Å². The summed E-state index contributed by atoms with van der Waals surface area (Å²) in [4.78, 5) is 11.2. The van der Waals surface area contributed by atoms with E-state index < -0.39 is 0 Å². The quantitative estimate of drug-likeness (QED) is 0.757. The number of rotatable bonds is 4. The van der Waals surface area contributed by atoms with E-state index in [4.69, 9.17) is 6.42 Å². The molecule has 90 valence electrons. The normalized spacial score (nSPS) is 11.7. The Labute approximate surface area is 101 Å². The second-order valence-corrected chi connectivity index (χ2v) is 3.92. The van der Waals surface area contributed by atoms with E-state index in [0.717, 1.165) is 0 Å². The zero-order valence-corrected chi connectivity index (χ0v) is 10.2. The Hall–Kier alpha value is -2.09. The summed E-state index contributed by atoms with van der Waals surface area (Å²) in [6.07, 6.45) is 5.40. The number of anilines is 1. The Balaban J connectivity index is 2.75. The smallest absolute Gasteiger partial charge is 0.271 e. The van der Waals surface area contributed by atoms with Crippen LogP contribution in [0.3, 0.4) is 0 Å². The first-order valence-electron chi connectivity index (χ1n) is 5.37. The zero-order chi connectivity index (χ0) is 12.8. The van der Waals surface area contributed by atoms with Gasteiger partial charge in [-0.1, -0.05) is 19.8 Å². The molecule has 0 radical (unpaired) electrons. The largest absolute Gasteiger partial charge is 0.355 e. The fraction of sp³-hybridized carbons (Fsp3) is 0.417. The summed E-state index contributed by atoms with van der Waals surface area (Å²) in [6, 6.07) is 3.18. The number of hydrogen-bond acceptors (Lipinski definition) is 4. The van der Waals surface area contributed by atoms with E-state index in [-0.39, 0.29) is 17.6 Å². The molecule has 0 saturated carbocycles. The third-order valence-corrected chi connectivity index (χ3v) is 2.27. The highest BCUT2D eigenvalue weighted by Crippen LogP contribution is 2.09. The third-order valence-electron chi connectivity index (χ3n) is 2.27. The lowest BCUT2D eigenvalue weighted by Gasteiger charge is -2.16. The average Bonchev–Trinajstić information content (AvgIpc) is 2.35. The van der Waals surface area contributed by atoms with Crippen LogP contribution in [0.2, 0.25) is 0 Å². The predicted molar refractivity (Wildman–Crippen MR) is 66.5 cm³/mol. The minimum atomic E-state index is -0.263. The summed E-state index contributed by atoms with van der Waals surface area (Å²) in [5.41, 5.74) is 0.278. The molecular formula is C12H16N4O. The third kappa shape index (κ3) is 3.45. The summed E-state index contributed by atoms with van der Waals surface area (Å²) >= 11 is 0. The molecule has 0 fully saturated rings. The van der Waals surface area contributed by atoms with Gasteiger partial charge in [0.2, 0.25) is 0 Å². The maximum absolute atomic E-state index is 11.2. The molecule has 0 aliphatic heterocycles. The number of terminal acetylenes is 1. The van der Waals surface area contributed by atoms with E-state index >= 15 is 0 Å². The highest BCUT2D eigenvalue weighted by molar-refractivity contribution is 5.91. The molecule has 0 aromatic carbocycles. The summed E-state index contributed by atoms with van der Waals surface area (Å²) in [6.45, 7) is 4.04. The van der Waals surface area contributed by atoms with Gasteiger partial charge in [0, 0.05) is 7.05 Å². The van der Waals surface area contributed by atoms with Crippen LogP contribution in [-0.4, -0.2) is 29.2 Å². The van der Waals surface area contributed by atoms with Crippen LogP contribution in [0.4, 0.5) is 5.82 Å². The molecule has 0 spiro atoms. The highest BCUT2D eigenvalue weighted by Gasteiger charge is 2.11. The molecule has 2 N–H and O–H groups in total. The number of nitrogens with zero attached hydrogens (tertiary/aromatic N) is 2. The minimum absolute atomic E-state index is 0.102. The van der Waals surface area contributed by atoms with Crippen molar-refractivity contribution in [3.8, 4) is 12.3 Å². The molecule has 1 atom stereocenters. The van der Waals surface area contributed by atoms with E-state index in [0.29, 0.717) is 11.7 Å². The average molecular weight is 232 g/mol. The molecule has 5 nitrogen and oxygen atoms in total. The van der Waals surface area contributed by atoms with Crippen molar-refractivity contribution in [1.82, 2.24) is 15.5 Å². The Bertz CT molecular complexity index is 419.